The molecule has 4 nitrogen and oxygen atoms in total. The Morgan fingerprint density at radius 3 is 2.64 bits per heavy atom. The minimum Gasteiger partial charge on any atom is -0.423 e. The summed E-state index contributed by atoms with van der Waals surface area (Å²) in [6.45, 7) is 6.06. The molecular formula is C20H20N2O2S. The van der Waals surface area contributed by atoms with Crippen LogP contribution in [0, 0.1) is 20.8 Å². The molecule has 0 aliphatic carbocycles. The van der Waals surface area contributed by atoms with Crippen molar-refractivity contribution in [2.45, 2.75) is 26.5 Å². The van der Waals surface area contributed by atoms with Gasteiger partial charge in [-0.05, 0) is 67.3 Å². The van der Waals surface area contributed by atoms with Crippen LogP contribution in [0.2, 0.25) is 0 Å². The molecule has 0 spiro atoms. The Hall–Kier alpha value is -2.53. The highest BCUT2D eigenvalue weighted by Gasteiger charge is 2.09. The standard InChI is InChI=1S/C20H20N2O2S/c1-12-5-4-6-16(7-12)22-20(21)25-11-15-10-19(23)24-18-9-14(3)13(2)8-17(15)18/h4-10H,11H2,1-3H3,(H2,21,22). The third-order valence-electron chi connectivity index (χ3n) is 4.06. The van der Waals surface area contributed by atoms with E-state index in [4.69, 9.17) is 10.2 Å². The molecule has 0 radical (unpaired) electrons. The average Bonchev–Trinajstić information content (AvgIpc) is 2.54. The molecule has 0 saturated heterocycles. The Labute approximate surface area is 150 Å². The van der Waals surface area contributed by atoms with E-state index in [9.17, 15) is 4.79 Å². The van der Waals surface area contributed by atoms with Crippen molar-refractivity contribution in [2.24, 2.45) is 10.7 Å². The highest BCUT2D eigenvalue weighted by Crippen LogP contribution is 2.25. The number of hydrogen-bond donors (Lipinski definition) is 1. The van der Waals surface area contributed by atoms with Crippen LogP contribution in [0.1, 0.15) is 22.3 Å². The second-order valence-electron chi connectivity index (χ2n) is 6.10. The molecular weight excluding hydrogens is 332 g/mol. The quantitative estimate of drug-likeness (QED) is 0.425. The largest absolute Gasteiger partial charge is 0.423 e. The lowest BCUT2D eigenvalue weighted by atomic mass is 10.0. The Kier molecular flexibility index (Phi) is 4.95. The van der Waals surface area contributed by atoms with Gasteiger partial charge in [-0.2, -0.15) is 0 Å². The maximum absolute atomic E-state index is 11.8. The van der Waals surface area contributed by atoms with Crippen molar-refractivity contribution < 1.29 is 4.42 Å². The summed E-state index contributed by atoms with van der Waals surface area (Å²) in [6, 6.07) is 13.4. The molecule has 3 aromatic rings. The first-order chi connectivity index (χ1) is 11.9. The Balaban J connectivity index is 1.88. The summed E-state index contributed by atoms with van der Waals surface area (Å²) in [5.74, 6) is 0.561. The van der Waals surface area contributed by atoms with E-state index in [2.05, 4.69) is 11.1 Å². The van der Waals surface area contributed by atoms with Gasteiger partial charge < -0.3 is 10.2 Å². The van der Waals surface area contributed by atoms with Crippen LogP contribution >= 0.6 is 11.8 Å². The molecule has 1 heterocycles. The van der Waals surface area contributed by atoms with Crippen LogP contribution in [0.5, 0.6) is 0 Å². The molecule has 1 aromatic heterocycles. The fourth-order valence-electron chi connectivity index (χ4n) is 2.61. The van der Waals surface area contributed by atoms with E-state index in [0.717, 1.165) is 33.3 Å². The summed E-state index contributed by atoms with van der Waals surface area (Å²) in [6.07, 6.45) is 0. The van der Waals surface area contributed by atoms with Crippen LogP contribution in [0.25, 0.3) is 11.0 Å². The lowest BCUT2D eigenvalue weighted by Crippen LogP contribution is -2.07. The highest BCUT2D eigenvalue weighted by molar-refractivity contribution is 8.13. The first-order valence-electron chi connectivity index (χ1n) is 8.00. The molecule has 0 atom stereocenters. The molecule has 5 heteroatoms. The SMILES string of the molecule is Cc1cccc(N=C(N)SCc2cc(=O)oc3cc(C)c(C)cc23)c1. The minimum atomic E-state index is -0.347. The van der Waals surface area contributed by atoms with Gasteiger partial charge in [0, 0.05) is 17.2 Å². The van der Waals surface area contributed by atoms with E-state index < -0.39 is 0 Å². The van der Waals surface area contributed by atoms with E-state index in [-0.39, 0.29) is 5.63 Å². The number of benzene rings is 2. The predicted molar refractivity (Wildman–Crippen MR) is 106 cm³/mol. The lowest BCUT2D eigenvalue weighted by molar-refractivity contribution is 0.559. The maximum atomic E-state index is 11.8. The Bertz CT molecular complexity index is 1020. The molecule has 0 fully saturated rings. The van der Waals surface area contributed by atoms with Crippen molar-refractivity contribution in [3.63, 3.8) is 0 Å². The normalized spacial score (nSPS) is 11.9. The number of nitrogens with zero attached hydrogens (tertiary/aromatic N) is 1. The summed E-state index contributed by atoms with van der Waals surface area (Å²) in [4.78, 5) is 16.3. The van der Waals surface area contributed by atoms with Crippen molar-refractivity contribution in [2.75, 3.05) is 0 Å². The van der Waals surface area contributed by atoms with Gasteiger partial charge in [0.2, 0.25) is 0 Å². The Morgan fingerprint density at radius 1 is 1.12 bits per heavy atom. The molecule has 0 unspecified atom stereocenters. The number of rotatable bonds is 3. The van der Waals surface area contributed by atoms with Crippen LogP contribution in [0.3, 0.4) is 0 Å². The zero-order chi connectivity index (χ0) is 18.0. The second kappa shape index (κ2) is 7.15. The fourth-order valence-corrected chi connectivity index (χ4v) is 3.32. The average molecular weight is 352 g/mol. The first kappa shape index (κ1) is 17.3. The van der Waals surface area contributed by atoms with Crippen molar-refractivity contribution >= 4 is 33.6 Å². The maximum Gasteiger partial charge on any atom is 0.336 e. The monoisotopic (exact) mass is 352 g/mol. The number of hydrogen-bond acceptors (Lipinski definition) is 4. The van der Waals surface area contributed by atoms with E-state index in [1.807, 2.05) is 51.1 Å². The summed E-state index contributed by atoms with van der Waals surface area (Å²) >= 11 is 1.41. The van der Waals surface area contributed by atoms with Gasteiger partial charge in [0.15, 0.2) is 5.17 Å². The third kappa shape index (κ3) is 4.12. The summed E-state index contributed by atoms with van der Waals surface area (Å²) in [7, 11) is 0. The highest BCUT2D eigenvalue weighted by atomic mass is 32.2. The van der Waals surface area contributed by atoms with E-state index >= 15 is 0 Å². The third-order valence-corrected chi connectivity index (χ3v) is 4.90. The number of aliphatic imine (C=N–C) groups is 1. The van der Waals surface area contributed by atoms with Crippen LogP contribution in [-0.2, 0) is 5.75 Å². The van der Waals surface area contributed by atoms with Gasteiger partial charge in [-0.15, -0.1) is 0 Å². The molecule has 0 amide bonds. The summed E-state index contributed by atoms with van der Waals surface area (Å²) in [5, 5.41) is 1.41. The minimum absolute atomic E-state index is 0.347. The van der Waals surface area contributed by atoms with Crippen molar-refractivity contribution in [3.8, 4) is 0 Å². The van der Waals surface area contributed by atoms with Crippen LogP contribution in [0.4, 0.5) is 5.69 Å². The summed E-state index contributed by atoms with van der Waals surface area (Å²) < 4.78 is 5.33. The molecule has 0 bridgehead atoms. The molecule has 2 aromatic carbocycles. The number of fused-ring (bicyclic) bond motifs is 1. The number of nitrogens with two attached hydrogens (primary N) is 1. The topological polar surface area (TPSA) is 68.6 Å². The van der Waals surface area contributed by atoms with E-state index in [0.29, 0.717) is 16.5 Å². The van der Waals surface area contributed by atoms with Gasteiger partial charge in [-0.25, -0.2) is 9.79 Å². The second-order valence-corrected chi connectivity index (χ2v) is 7.10. The molecule has 0 aliphatic heterocycles. The zero-order valence-corrected chi connectivity index (χ0v) is 15.3. The number of thioether (sulfide) groups is 1. The van der Waals surface area contributed by atoms with Gasteiger partial charge in [-0.3, -0.25) is 0 Å². The predicted octanol–water partition coefficient (Wildman–Crippen LogP) is 4.60. The summed E-state index contributed by atoms with van der Waals surface area (Å²) in [5.41, 5.74) is 11.4. The van der Waals surface area contributed by atoms with Crippen molar-refractivity contribution in [3.05, 3.63) is 75.1 Å². The number of aryl methyl sites for hydroxylation is 3. The van der Waals surface area contributed by atoms with Crippen LogP contribution in [-0.4, -0.2) is 5.17 Å². The molecule has 2 N–H and O–H groups in total. The van der Waals surface area contributed by atoms with Gasteiger partial charge in [0.1, 0.15) is 5.58 Å². The van der Waals surface area contributed by atoms with Crippen molar-refractivity contribution in [1.29, 1.82) is 0 Å². The molecule has 0 aliphatic rings. The van der Waals surface area contributed by atoms with Crippen LogP contribution < -0.4 is 11.4 Å². The van der Waals surface area contributed by atoms with E-state index in [1.165, 1.54) is 17.8 Å². The molecule has 0 saturated carbocycles. The van der Waals surface area contributed by atoms with Gasteiger partial charge in [0.05, 0.1) is 5.69 Å². The van der Waals surface area contributed by atoms with Gasteiger partial charge in [0.25, 0.3) is 0 Å². The molecule has 128 valence electrons. The zero-order valence-electron chi connectivity index (χ0n) is 14.5. The smallest absolute Gasteiger partial charge is 0.336 e. The fraction of sp³-hybridized carbons (Fsp3) is 0.200. The Morgan fingerprint density at radius 2 is 1.88 bits per heavy atom. The molecule has 25 heavy (non-hydrogen) atoms. The van der Waals surface area contributed by atoms with E-state index in [1.54, 1.807) is 0 Å². The van der Waals surface area contributed by atoms with Crippen LogP contribution in [0.15, 0.2) is 56.7 Å². The van der Waals surface area contributed by atoms with Gasteiger partial charge in [-0.1, -0.05) is 23.9 Å². The number of amidine groups is 1. The lowest BCUT2D eigenvalue weighted by Gasteiger charge is -2.08. The molecule has 3 rings (SSSR count). The first-order valence-corrected chi connectivity index (χ1v) is 8.98. The van der Waals surface area contributed by atoms with Crippen molar-refractivity contribution in [1.82, 2.24) is 0 Å². The van der Waals surface area contributed by atoms with Gasteiger partial charge >= 0.3 is 5.63 Å².